The van der Waals surface area contributed by atoms with Crippen molar-refractivity contribution in [3.63, 3.8) is 0 Å². The number of halogens is 3. The molecule has 0 aliphatic rings. The third-order valence-corrected chi connectivity index (χ3v) is 6.84. The van der Waals surface area contributed by atoms with Crippen LogP contribution < -0.4 is 9.46 Å². The van der Waals surface area contributed by atoms with Crippen LogP contribution in [0, 0.1) is 4.91 Å². The molecule has 6 nitrogen and oxygen atoms in total. The van der Waals surface area contributed by atoms with E-state index in [-0.39, 0.29) is 5.75 Å². The fourth-order valence-electron chi connectivity index (χ4n) is 3.34. The highest BCUT2D eigenvalue weighted by molar-refractivity contribution is 7.97. The summed E-state index contributed by atoms with van der Waals surface area (Å²) in [4.78, 5) is 27.7. The smallest absolute Gasteiger partial charge is 0.406 e. The number of carbonyl (C=O) groups is 1. The number of ether oxygens (including phenoxy) is 1. The van der Waals surface area contributed by atoms with Crippen LogP contribution in [0.15, 0.2) is 57.9 Å². The number of alkyl halides is 3. The van der Waals surface area contributed by atoms with E-state index in [9.17, 15) is 22.9 Å². The van der Waals surface area contributed by atoms with Gasteiger partial charge in [-0.05, 0) is 79.6 Å². The zero-order valence-corrected chi connectivity index (χ0v) is 20.6. The zero-order valence-electron chi connectivity index (χ0n) is 18.9. The first-order valence-corrected chi connectivity index (χ1v) is 12.7. The average molecular weight is 524 g/mol. The normalized spacial score (nSPS) is 11.4. The van der Waals surface area contributed by atoms with E-state index in [1.807, 2.05) is 24.4 Å². The van der Waals surface area contributed by atoms with Crippen LogP contribution in [0.1, 0.15) is 47.8 Å². The molecular formula is C24H24F3N3O3S2. The lowest BCUT2D eigenvalue weighted by Crippen LogP contribution is -2.16. The number of aromatic nitrogens is 1. The van der Waals surface area contributed by atoms with E-state index >= 15 is 0 Å². The van der Waals surface area contributed by atoms with Gasteiger partial charge in [-0.2, -0.15) is 0 Å². The van der Waals surface area contributed by atoms with E-state index in [1.165, 1.54) is 35.4 Å². The number of nitrogens with zero attached hydrogens (tertiary/aromatic N) is 2. The molecule has 3 aromatic rings. The minimum atomic E-state index is -4.71. The standard InChI is InChI=1S/C24H24F3N3O3S2/c1-2-16-9-12-20(14-21(16)22(31)30-32)35-28-13-5-3-4-6-18-15-34-23(29-18)17-7-10-19(11-8-17)33-24(25,26)27/h7-12,14-15,28H,2-6,13H2,1H3. The second kappa shape index (κ2) is 12.8. The van der Waals surface area contributed by atoms with E-state index in [1.54, 1.807) is 18.2 Å². The Bertz CT molecular complexity index is 1140. The number of rotatable bonds is 12. The van der Waals surface area contributed by atoms with Crippen molar-refractivity contribution >= 4 is 29.2 Å². The van der Waals surface area contributed by atoms with Gasteiger partial charge in [-0.1, -0.05) is 19.4 Å². The Morgan fingerprint density at radius 3 is 2.60 bits per heavy atom. The quantitative estimate of drug-likeness (QED) is 0.154. The van der Waals surface area contributed by atoms with Crippen molar-refractivity contribution in [2.24, 2.45) is 5.18 Å². The maximum Gasteiger partial charge on any atom is 0.573 e. The summed E-state index contributed by atoms with van der Waals surface area (Å²) in [5.74, 6) is -1.00. The molecule has 3 rings (SSSR count). The molecule has 1 amide bonds. The molecule has 35 heavy (non-hydrogen) atoms. The predicted molar refractivity (Wildman–Crippen MR) is 132 cm³/mol. The summed E-state index contributed by atoms with van der Waals surface area (Å²) in [5.41, 5.74) is 2.86. The summed E-state index contributed by atoms with van der Waals surface area (Å²) in [5, 5.41) is 5.26. The molecule has 0 radical (unpaired) electrons. The van der Waals surface area contributed by atoms with E-state index in [4.69, 9.17) is 0 Å². The number of aryl methyl sites for hydroxylation is 2. The summed E-state index contributed by atoms with van der Waals surface area (Å²) in [6, 6.07) is 11.1. The summed E-state index contributed by atoms with van der Waals surface area (Å²) < 4.78 is 44.0. The molecule has 1 aromatic heterocycles. The first kappa shape index (κ1) is 26.8. The van der Waals surface area contributed by atoms with Gasteiger partial charge in [0.1, 0.15) is 10.8 Å². The molecule has 0 bridgehead atoms. The molecule has 186 valence electrons. The van der Waals surface area contributed by atoms with E-state index in [0.29, 0.717) is 12.0 Å². The summed E-state index contributed by atoms with van der Waals surface area (Å²) in [7, 11) is 0. The van der Waals surface area contributed by atoms with Crippen molar-refractivity contribution in [3.05, 3.63) is 69.6 Å². The van der Waals surface area contributed by atoms with Crippen molar-refractivity contribution in [3.8, 4) is 16.3 Å². The number of hydrogen-bond donors (Lipinski definition) is 1. The van der Waals surface area contributed by atoms with Gasteiger partial charge in [-0.3, -0.25) is 9.52 Å². The van der Waals surface area contributed by atoms with E-state index in [2.05, 4.69) is 19.6 Å². The van der Waals surface area contributed by atoms with Gasteiger partial charge < -0.3 is 4.74 Å². The van der Waals surface area contributed by atoms with Crippen LogP contribution >= 0.6 is 23.3 Å². The van der Waals surface area contributed by atoms with Crippen LogP contribution in [-0.4, -0.2) is 23.8 Å². The molecular weight excluding hydrogens is 499 g/mol. The molecule has 0 unspecified atom stereocenters. The third-order valence-electron chi connectivity index (χ3n) is 5.06. The van der Waals surface area contributed by atoms with Gasteiger partial charge in [-0.15, -0.1) is 29.4 Å². The summed E-state index contributed by atoms with van der Waals surface area (Å²) >= 11 is 2.87. The van der Waals surface area contributed by atoms with Crippen molar-refractivity contribution in [2.75, 3.05) is 6.54 Å². The van der Waals surface area contributed by atoms with Crippen LogP contribution in [0.5, 0.6) is 5.75 Å². The highest BCUT2D eigenvalue weighted by Crippen LogP contribution is 2.29. The Morgan fingerprint density at radius 2 is 1.91 bits per heavy atom. The molecule has 0 fully saturated rings. The fourth-order valence-corrected chi connectivity index (χ4v) is 4.93. The molecule has 0 aliphatic carbocycles. The molecule has 0 saturated heterocycles. The van der Waals surface area contributed by atoms with Crippen LogP contribution in [0.25, 0.3) is 10.6 Å². The van der Waals surface area contributed by atoms with E-state index < -0.39 is 12.3 Å². The Balaban J connectivity index is 1.37. The fraction of sp³-hybridized carbons (Fsp3) is 0.333. The van der Waals surface area contributed by atoms with Gasteiger partial charge in [-0.25, -0.2) is 4.98 Å². The predicted octanol–water partition coefficient (Wildman–Crippen LogP) is 7.19. The second-order valence-electron chi connectivity index (χ2n) is 7.59. The highest BCUT2D eigenvalue weighted by Gasteiger charge is 2.31. The zero-order chi connectivity index (χ0) is 25.3. The van der Waals surface area contributed by atoms with Crippen molar-refractivity contribution in [1.82, 2.24) is 9.71 Å². The number of unbranched alkanes of at least 4 members (excludes halogenated alkanes) is 2. The molecule has 0 saturated carbocycles. The van der Waals surface area contributed by atoms with Gasteiger partial charge in [0.05, 0.1) is 5.69 Å². The number of nitrogens with one attached hydrogen (secondary N) is 1. The first-order valence-electron chi connectivity index (χ1n) is 11.0. The Kier molecular flexibility index (Phi) is 9.82. The van der Waals surface area contributed by atoms with Gasteiger partial charge >= 0.3 is 12.3 Å². The third kappa shape index (κ3) is 8.44. The summed E-state index contributed by atoms with van der Waals surface area (Å²) in [6.07, 6.45) is -0.317. The van der Waals surface area contributed by atoms with Crippen LogP contribution in [0.4, 0.5) is 13.2 Å². The minimum absolute atomic E-state index is 0.255. The van der Waals surface area contributed by atoms with Crippen LogP contribution in [0.2, 0.25) is 0 Å². The van der Waals surface area contributed by atoms with E-state index in [0.717, 1.165) is 59.0 Å². The lowest BCUT2D eigenvalue weighted by Gasteiger charge is -2.08. The number of hydrogen-bond acceptors (Lipinski definition) is 7. The topological polar surface area (TPSA) is 80.7 Å². The van der Waals surface area contributed by atoms with Gasteiger partial charge in [0.2, 0.25) is 0 Å². The number of carbonyl (C=O) groups excluding carboxylic acids is 1. The van der Waals surface area contributed by atoms with Gasteiger partial charge in [0, 0.05) is 33.1 Å². The van der Waals surface area contributed by atoms with Crippen LogP contribution in [-0.2, 0) is 12.8 Å². The van der Waals surface area contributed by atoms with Gasteiger partial charge in [0.15, 0.2) is 0 Å². The minimum Gasteiger partial charge on any atom is -0.406 e. The molecule has 11 heteroatoms. The first-order chi connectivity index (χ1) is 16.8. The Labute approximate surface area is 209 Å². The number of amides is 1. The maximum absolute atomic E-state index is 12.3. The number of benzene rings is 2. The molecule has 0 spiro atoms. The number of nitroso groups, excluding NO2 is 1. The molecule has 0 atom stereocenters. The number of thiazole rings is 1. The molecule has 0 aliphatic heterocycles. The lowest BCUT2D eigenvalue weighted by atomic mass is 10.1. The Morgan fingerprint density at radius 1 is 1.14 bits per heavy atom. The van der Waals surface area contributed by atoms with Crippen molar-refractivity contribution in [1.29, 1.82) is 0 Å². The second-order valence-corrected chi connectivity index (χ2v) is 9.41. The Hall–Kier alpha value is -2.76. The van der Waals surface area contributed by atoms with Gasteiger partial charge in [0.25, 0.3) is 0 Å². The summed E-state index contributed by atoms with van der Waals surface area (Å²) in [6.45, 7) is 2.70. The van der Waals surface area contributed by atoms with Crippen LogP contribution in [0.3, 0.4) is 0 Å². The lowest BCUT2D eigenvalue weighted by molar-refractivity contribution is -0.274. The highest BCUT2D eigenvalue weighted by atomic mass is 32.2. The molecule has 2 aromatic carbocycles. The molecule has 1 N–H and O–H groups in total. The monoisotopic (exact) mass is 523 g/mol. The van der Waals surface area contributed by atoms with Crippen molar-refractivity contribution in [2.45, 2.75) is 50.3 Å². The average Bonchev–Trinajstić information content (AvgIpc) is 3.31. The van der Waals surface area contributed by atoms with Crippen molar-refractivity contribution < 1.29 is 22.7 Å². The largest absolute Gasteiger partial charge is 0.573 e. The molecule has 1 heterocycles. The maximum atomic E-state index is 12.3. The SMILES string of the molecule is CCc1ccc(SNCCCCCc2csc(-c3ccc(OC(F)(F)F)cc3)n2)cc1C(=O)N=O.